The zero-order chi connectivity index (χ0) is 31.7. The molecule has 0 N–H and O–H groups in total. The van der Waals surface area contributed by atoms with Crippen LogP contribution in [0.4, 0.5) is 15.9 Å². The van der Waals surface area contributed by atoms with Gasteiger partial charge in [-0.1, -0.05) is 24.8 Å². The van der Waals surface area contributed by atoms with Gasteiger partial charge in [0.05, 0.1) is 42.7 Å². The molecule has 11 nitrogen and oxygen atoms in total. The van der Waals surface area contributed by atoms with Crippen molar-refractivity contribution in [2.75, 3.05) is 76.3 Å². The Morgan fingerprint density at radius 2 is 2.00 bits per heavy atom. The Kier molecular flexibility index (Phi) is 8.83. The molecule has 5 heterocycles. The molecule has 45 heavy (non-hydrogen) atoms. The quantitative estimate of drug-likeness (QED) is 0.335. The zero-order valence-electron chi connectivity index (χ0n) is 26.2. The van der Waals surface area contributed by atoms with Crippen molar-refractivity contribution in [2.24, 2.45) is 0 Å². The molecule has 0 unspecified atom stereocenters. The molecular formula is C33H40FN9O2. The molecule has 2 aromatic heterocycles. The lowest BCUT2D eigenvalue weighted by atomic mass is 10.0. The van der Waals surface area contributed by atoms with Gasteiger partial charge in [0.25, 0.3) is 5.91 Å². The van der Waals surface area contributed by atoms with Gasteiger partial charge < -0.3 is 24.3 Å². The molecule has 0 bridgehead atoms. The summed E-state index contributed by atoms with van der Waals surface area (Å²) in [5.41, 5.74) is 4.17. The summed E-state index contributed by atoms with van der Waals surface area (Å²) in [4.78, 5) is 37.3. The van der Waals surface area contributed by atoms with Gasteiger partial charge >= 0.3 is 6.01 Å². The van der Waals surface area contributed by atoms with Crippen molar-refractivity contribution >= 4 is 28.2 Å². The molecule has 2 fully saturated rings. The number of rotatable bonds is 9. The number of pyridine rings is 1. The van der Waals surface area contributed by atoms with E-state index in [0.29, 0.717) is 44.7 Å². The van der Waals surface area contributed by atoms with E-state index in [1.165, 1.54) is 15.8 Å². The molecule has 2 saturated heterocycles. The van der Waals surface area contributed by atoms with E-state index in [2.05, 4.69) is 76.4 Å². The van der Waals surface area contributed by atoms with Crippen molar-refractivity contribution in [3.8, 4) is 12.1 Å². The predicted octanol–water partition coefficient (Wildman–Crippen LogP) is 2.93. The summed E-state index contributed by atoms with van der Waals surface area (Å²) in [6, 6.07) is 8.75. The summed E-state index contributed by atoms with van der Waals surface area (Å²) in [5, 5.41) is 11.8. The standard InChI is InChI=1S/C33H40FN9O2/c1-22-6-5-7-24-16-36-17-29(30(22)24)41-11-9-27-28(21-41)37-33(45-15-14-40(4)26-18-39(3)19-26)38-31(27)42-12-13-43(32(44)23(2)34)25(20-42)8-10-35/h5-7,16-17,25-26H,2,8-9,11-15,18-21H2,1,3-4H3/t25-/m0/s1. The Balaban J connectivity index is 1.29. The first-order valence-corrected chi connectivity index (χ1v) is 15.5. The molecule has 0 saturated carbocycles. The second-order valence-electron chi connectivity index (χ2n) is 12.3. The first-order chi connectivity index (χ1) is 21.7. The largest absolute Gasteiger partial charge is 0.462 e. The molecule has 0 spiro atoms. The highest BCUT2D eigenvalue weighted by Crippen LogP contribution is 2.35. The lowest BCUT2D eigenvalue weighted by molar-refractivity contribution is -0.131. The van der Waals surface area contributed by atoms with Crippen LogP contribution in [0, 0.1) is 18.3 Å². The van der Waals surface area contributed by atoms with Crippen molar-refractivity contribution in [3.63, 3.8) is 0 Å². The van der Waals surface area contributed by atoms with E-state index in [0.717, 1.165) is 54.3 Å². The first-order valence-electron chi connectivity index (χ1n) is 15.5. The lowest BCUT2D eigenvalue weighted by Gasteiger charge is -2.42. The summed E-state index contributed by atoms with van der Waals surface area (Å²) >= 11 is 0. The number of halogens is 1. The number of nitrogens with zero attached hydrogens (tertiary/aromatic N) is 9. The van der Waals surface area contributed by atoms with Crippen molar-refractivity contribution in [3.05, 3.63) is 59.8 Å². The number of piperazine rings is 1. The fraction of sp³-hybridized carbons (Fsp3) is 0.485. The van der Waals surface area contributed by atoms with E-state index in [4.69, 9.17) is 14.7 Å². The average molecular weight is 614 g/mol. The number of hydrogen-bond acceptors (Lipinski definition) is 10. The topological polar surface area (TPSA) is 105 Å². The van der Waals surface area contributed by atoms with Crippen LogP contribution in [0.25, 0.3) is 10.8 Å². The number of carbonyl (C=O) groups is 1. The molecule has 3 aliphatic heterocycles. The number of amides is 1. The smallest absolute Gasteiger partial charge is 0.318 e. The Hall–Kier alpha value is -4.34. The van der Waals surface area contributed by atoms with Gasteiger partial charge in [0.15, 0.2) is 5.83 Å². The van der Waals surface area contributed by atoms with Gasteiger partial charge in [0.1, 0.15) is 12.4 Å². The highest BCUT2D eigenvalue weighted by atomic mass is 19.1. The molecule has 1 atom stereocenters. The minimum atomic E-state index is -1.02. The minimum absolute atomic E-state index is 0.0794. The molecule has 1 aromatic carbocycles. The molecular weight excluding hydrogens is 573 g/mol. The summed E-state index contributed by atoms with van der Waals surface area (Å²) < 4.78 is 20.0. The molecule has 0 radical (unpaired) electrons. The third-order valence-corrected chi connectivity index (χ3v) is 9.28. The van der Waals surface area contributed by atoms with Crippen LogP contribution in [-0.4, -0.2) is 114 Å². The number of aryl methyl sites for hydroxylation is 1. The molecule has 1 amide bonds. The number of benzene rings is 1. The molecule has 6 rings (SSSR count). The van der Waals surface area contributed by atoms with E-state index in [1.807, 2.05) is 12.4 Å². The van der Waals surface area contributed by atoms with Crippen LogP contribution in [0.5, 0.6) is 6.01 Å². The second-order valence-corrected chi connectivity index (χ2v) is 12.3. The van der Waals surface area contributed by atoms with Crippen LogP contribution >= 0.6 is 0 Å². The number of likely N-dealkylation sites (tertiary alicyclic amines) is 1. The van der Waals surface area contributed by atoms with Crippen molar-refractivity contribution in [2.45, 2.75) is 38.4 Å². The van der Waals surface area contributed by atoms with Gasteiger partial charge in [-0.15, -0.1) is 0 Å². The number of fused-ring (bicyclic) bond motifs is 2. The van der Waals surface area contributed by atoms with Crippen LogP contribution in [0.1, 0.15) is 23.2 Å². The van der Waals surface area contributed by atoms with E-state index in [-0.39, 0.29) is 13.0 Å². The van der Waals surface area contributed by atoms with Gasteiger partial charge in [-0.3, -0.25) is 14.7 Å². The highest BCUT2D eigenvalue weighted by Gasteiger charge is 2.35. The lowest BCUT2D eigenvalue weighted by Crippen LogP contribution is -2.57. The zero-order valence-corrected chi connectivity index (χ0v) is 26.2. The number of hydrogen-bond donors (Lipinski definition) is 0. The number of ether oxygens (including phenoxy) is 1. The van der Waals surface area contributed by atoms with Gasteiger partial charge in [0.2, 0.25) is 0 Å². The number of nitriles is 1. The number of likely N-dealkylation sites (N-methyl/N-ethyl adjacent to an activating group) is 2. The monoisotopic (exact) mass is 613 g/mol. The number of anilines is 2. The Labute approximate surface area is 263 Å². The Morgan fingerprint density at radius 1 is 1.18 bits per heavy atom. The molecule has 12 heteroatoms. The van der Waals surface area contributed by atoms with Crippen molar-refractivity contribution < 1.29 is 13.9 Å². The van der Waals surface area contributed by atoms with Gasteiger partial charge in [-0.2, -0.15) is 15.2 Å². The Bertz CT molecular complexity index is 1630. The van der Waals surface area contributed by atoms with Gasteiger partial charge in [0, 0.05) is 74.4 Å². The SMILES string of the molecule is C=C(F)C(=O)N1CCN(c2nc(OCCN(C)C3CN(C)C3)nc3c2CCN(c2cncc4cccc(C)c24)C3)C[C@@H]1CC#N. The van der Waals surface area contributed by atoms with Crippen LogP contribution in [0.3, 0.4) is 0 Å². The second kappa shape index (κ2) is 12.9. The fourth-order valence-corrected chi connectivity index (χ4v) is 6.72. The fourth-order valence-electron chi connectivity index (χ4n) is 6.72. The molecule has 236 valence electrons. The third-order valence-electron chi connectivity index (χ3n) is 9.28. The maximum Gasteiger partial charge on any atom is 0.318 e. The van der Waals surface area contributed by atoms with Gasteiger partial charge in [-0.05, 0) is 33.0 Å². The van der Waals surface area contributed by atoms with E-state index >= 15 is 0 Å². The predicted molar refractivity (Wildman–Crippen MR) is 171 cm³/mol. The molecule has 3 aliphatic rings. The normalized spacial score (nSPS) is 18.9. The summed E-state index contributed by atoms with van der Waals surface area (Å²) in [6.45, 7) is 11.0. The van der Waals surface area contributed by atoms with Crippen LogP contribution in [0.15, 0.2) is 43.0 Å². The maximum absolute atomic E-state index is 13.8. The maximum atomic E-state index is 13.8. The van der Waals surface area contributed by atoms with E-state index < -0.39 is 17.8 Å². The third kappa shape index (κ3) is 6.28. The van der Waals surface area contributed by atoms with E-state index in [1.54, 1.807) is 0 Å². The number of carbonyl (C=O) groups excluding carboxylic acids is 1. The first kappa shape index (κ1) is 30.7. The van der Waals surface area contributed by atoms with Gasteiger partial charge in [-0.25, -0.2) is 4.39 Å². The summed E-state index contributed by atoms with van der Waals surface area (Å²) in [5.74, 6) is -1.02. The van der Waals surface area contributed by atoms with Crippen molar-refractivity contribution in [1.82, 2.24) is 29.7 Å². The average Bonchev–Trinajstić information content (AvgIpc) is 3.02. The van der Waals surface area contributed by atoms with Crippen LogP contribution in [-0.2, 0) is 17.8 Å². The minimum Gasteiger partial charge on any atom is -0.462 e. The van der Waals surface area contributed by atoms with E-state index in [9.17, 15) is 14.4 Å². The molecule has 3 aromatic rings. The number of aromatic nitrogens is 3. The summed E-state index contributed by atoms with van der Waals surface area (Å²) in [7, 11) is 4.23. The van der Waals surface area contributed by atoms with Crippen LogP contribution in [0.2, 0.25) is 0 Å². The van der Waals surface area contributed by atoms with Crippen molar-refractivity contribution in [1.29, 1.82) is 5.26 Å². The Morgan fingerprint density at radius 3 is 2.76 bits per heavy atom. The van der Waals surface area contributed by atoms with Crippen LogP contribution < -0.4 is 14.5 Å². The summed E-state index contributed by atoms with van der Waals surface area (Å²) in [6.07, 6.45) is 4.61. The highest BCUT2D eigenvalue weighted by molar-refractivity contribution is 5.96. The molecule has 0 aliphatic carbocycles.